The van der Waals surface area contributed by atoms with Crippen molar-refractivity contribution in [1.29, 1.82) is 0 Å². The lowest BCUT2D eigenvalue weighted by Gasteiger charge is -2.32. The average molecular weight is 297 g/mol. The molecule has 1 aromatic rings. The molecular formula is C17H29ClN2. The Balaban J connectivity index is 0.00000200. The Kier molecular flexibility index (Phi) is 7.57. The van der Waals surface area contributed by atoms with E-state index in [0.29, 0.717) is 5.92 Å². The van der Waals surface area contributed by atoms with E-state index in [-0.39, 0.29) is 12.4 Å². The van der Waals surface area contributed by atoms with Gasteiger partial charge in [0.1, 0.15) is 0 Å². The first-order chi connectivity index (χ1) is 9.19. The number of hydrogen-bond acceptors (Lipinski definition) is 2. The third-order valence-corrected chi connectivity index (χ3v) is 4.23. The van der Waals surface area contributed by atoms with E-state index in [1.165, 1.54) is 43.5 Å². The molecule has 3 heteroatoms. The Bertz CT molecular complexity index is 373. The molecule has 1 heterocycles. The first-order valence-electron chi connectivity index (χ1n) is 7.70. The highest BCUT2D eigenvalue weighted by Crippen LogP contribution is 2.21. The Morgan fingerprint density at radius 2 is 1.95 bits per heavy atom. The highest BCUT2D eigenvalue weighted by Gasteiger charge is 2.19. The lowest BCUT2D eigenvalue weighted by Crippen LogP contribution is -2.35. The summed E-state index contributed by atoms with van der Waals surface area (Å²) >= 11 is 0. The summed E-state index contributed by atoms with van der Waals surface area (Å²) in [6.45, 7) is 8.89. The summed E-state index contributed by atoms with van der Waals surface area (Å²) in [7, 11) is 0. The van der Waals surface area contributed by atoms with E-state index >= 15 is 0 Å². The molecule has 2 N–H and O–H groups in total. The van der Waals surface area contributed by atoms with Crippen LogP contribution in [0.1, 0.15) is 50.2 Å². The van der Waals surface area contributed by atoms with Crippen LogP contribution in [0.3, 0.4) is 0 Å². The van der Waals surface area contributed by atoms with E-state index in [2.05, 4.69) is 43.0 Å². The van der Waals surface area contributed by atoms with Gasteiger partial charge in [0.25, 0.3) is 0 Å². The van der Waals surface area contributed by atoms with Crippen LogP contribution in [0.25, 0.3) is 0 Å². The van der Waals surface area contributed by atoms with E-state index in [9.17, 15) is 0 Å². The number of likely N-dealkylation sites (tertiary alicyclic amines) is 1. The van der Waals surface area contributed by atoms with Gasteiger partial charge in [0.2, 0.25) is 0 Å². The maximum Gasteiger partial charge on any atom is 0.0233 e. The van der Waals surface area contributed by atoms with Gasteiger partial charge in [-0.3, -0.25) is 4.90 Å². The molecular weight excluding hydrogens is 268 g/mol. The highest BCUT2D eigenvalue weighted by molar-refractivity contribution is 5.85. The van der Waals surface area contributed by atoms with Crippen molar-refractivity contribution in [2.75, 3.05) is 19.6 Å². The predicted molar refractivity (Wildman–Crippen MR) is 89.5 cm³/mol. The van der Waals surface area contributed by atoms with Crippen LogP contribution in [-0.2, 0) is 6.54 Å². The number of nitrogens with zero attached hydrogens (tertiary/aromatic N) is 1. The normalized spacial score (nSPS) is 19.9. The number of rotatable bonds is 5. The number of hydrogen-bond donors (Lipinski definition) is 1. The molecule has 1 fully saturated rings. The summed E-state index contributed by atoms with van der Waals surface area (Å²) in [5.74, 6) is 1.44. The second kappa shape index (κ2) is 8.66. The van der Waals surface area contributed by atoms with Gasteiger partial charge in [-0.1, -0.05) is 38.1 Å². The van der Waals surface area contributed by atoms with Gasteiger partial charge < -0.3 is 5.73 Å². The van der Waals surface area contributed by atoms with Gasteiger partial charge in [-0.2, -0.15) is 0 Å². The monoisotopic (exact) mass is 296 g/mol. The van der Waals surface area contributed by atoms with Gasteiger partial charge in [-0.25, -0.2) is 0 Å². The first-order valence-corrected chi connectivity index (χ1v) is 7.70. The van der Waals surface area contributed by atoms with Gasteiger partial charge in [0.15, 0.2) is 0 Å². The van der Waals surface area contributed by atoms with Gasteiger partial charge in [0, 0.05) is 13.1 Å². The fourth-order valence-electron chi connectivity index (χ4n) is 3.03. The largest absolute Gasteiger partial charge is 0.330 e. The van der Waals surface area contributed by atoms with Crippen molar-refractivity contribution < 1.29 is 0 Å². The molecule has 0 amide bonds. The van der Waals surface area contributed by atoms with Crippen LogP contribution in [0.4, 0.5) is 0 Å². The minimum atomic E-state index is 0. The minimum absolute atomic E-state index is 0. The minimum Gasteiger partial charge on any atom is -0.330 e. The van der Waals surface area contributed by atoms with Crippen LogP contribution in [-0.4, -0.2) is 24.5 Å². The molecule has 0 bridgehead atoms. The molecule has 2 rings (SSSR count). The third-order valence-electron chi connectivity index (χ3n) is 4.23. The van der Waals surface area contributed by atoms with E-state index in [4.69, 9.17) is 5.73 Å². The van der Waals surface area contributed by atoms with Crippen molar-refractivity contribution in [3.63, 3.8) is 0 Å². The summed E-state index contributed by atoms with van der Waals surface area (Å²) in [5.41, 5.74) is 8.56. The summed E-state index contributed by atoms with van der Waals surface area (Å²) < 4.78 is 0. The summed E-state index contributed by atoms with van der Waals surface area (Å²) in [5, 5.41) is 0. The van der Waals surface area contributed by atoms with Gasteiger partial charge in [0.05, 0.1) is 0 Å². The molecule has 1 aliphatic rings. The molecule has 114 valence electrons. The van der Waals surface area contributed by atoms with Crippen molar-refractivity contribution in [3.8, 4) is 0 Å². The smallest absolute Gasteiger partial charge is 0.0233 e. The molecule has 0 aliphatic carbocycles. The number of nitrogens with two attached hydrogens (primary N) is 1. The summed E-state index contributed by atoms with van der Waals surface area (Å²) in [6, 6.07) is 9.15. The van der Waals surface area contributed by atoms with E-state index < -0.39 is 0 Å². The average Bonchev–Trinajstić information content (AvgIpc) is 2.40. The lowest BCUT2D eigenvalue weighted by atomic mass is 9.94. The third kappa shape index (κ3) is 5.08. The molecule has 1 aliphatic heterocycles. The molecule has 0 spiro atoms. The van der Waals surface area contributed by atoms with Crippen LogP contribution in [0.2, 0.25) is 0 Å². The van der Waals surface area contributed by atoms with Crippen molar-refractivity contribution >= 4 is 12.4 Å². The van der Waals surface area contributed by atoms with Crippen LogP contribution in [0.5, 0.6) is 0 Å². The Morgan fingerprint density at radius 1 is 1.25 bits per heavy atom. The standard InChI is InChI=1S/C17H28N2.ClH/c1-14(2)17-7-5-16(6-8-17)13-19-11-3-4-15(12-19)9-10-18;/h5-8,14-15H,3-4,9-13,18H2,1-2H3;1H. The molecule has 1 saturated heterocycles. The molecule has 1 aromatic carbocycles. The maximum absolute atomic E-state index is 5.68. The number of piperidine rings is 1. The quantitative estimate of drug-likeness (QED) is 0.896. The molecule has 20 heavy (non-hydrogen) atoms. The number of halogens is 1. The molecule has 1 atom stereocenters. The molecule has 0 radical (unpaired) electrons. The van der Waals surface area contributed by atoms with E-state index in [1.54, 1.807) is 0 Å². The Morgan fingerprint density at radius 3 is 2.55 bits per heavy atom. The Hall–Kier alpha value is -0.570. The fourth-order valence-corrected chi connectivity index (χ4v) is 3.03. The highest BCUT2D eigenvalue weighted by atomic mass is 35.5. The zero-order valence-electron chi connectivity index (χ0n) is 12.8. The fraction of sp³-hybridized carbons (Fsp3) is 0.647. The maximum atomic E-state index is 5.68. The van der Waals surface area contributed by atoms with Crippen LogP contribution < -0.4 is 5.73 Å². The summed E-state index contributed by atoms with van der Waals surface area (Å²) in [4.78, 5) is 2.59. The molecule has 1 unspecified atom stereocenters. The van der Waals surface area contributed by atoms with Gasteiger partial charge >= 0.3 is 0 Å². The Labute approximate surface area is 130 Å². The van der Waals surface area contributed by atoms with Crippen LogP contribution in [0.15, 0.2) is 24.3 Å². The van der Waals surface area contributed by atoms with Crippen molar-refractivity contribution in [1.82, 2.24) is 4.90 Å². The molecule has 0 saturated carbocycles. The zero-order valence-corrected chi connectivity index (χ0v) is 13.7. The lowest BCUT2D eigenvalue weighted by molar-refractivity contribution is 0.163. The van der Waals surface area contributed by atoms with Crippen molar-refractivity contribution in [2.24, 2.45) is 11.7 Å². The van der Waals surface area contributed by atoms with Crippen molar-refractivity contribution in [3.05, 3.63) is 35.4 Å². The summed E-state index contributed by atoms with van der Waals surface area (Å²) in [6.07, 6.45) is 3.87. The van der Waals surface area contributed by atoms with Crippen LogP contribution in [0, 0.1) is 5.92 Å². The van der Waals surface area contributed by atoms with E-state index in [0.717, 1.165) is 19.0 Å². The number of benzene rings is 1. The predicted octanol–water partition coefficient (Wildman–Crippen LogP) is 3.79. The molecule has 0 aromatic heterocycles. The zero-order chi connectivity index (χ0) is 13.7. The topological polar surface area (TPSA) is 29.3 Å². The van der Waals surface area contributed by atoms with Gasteiger partial charge in [-0.15, -0.1) is 12.4 Å². The second-order valence-electron chi connectivity index (χ2n) is 6.22. The van der Waals surface area contributed by atoms with E-state index in [1.807, 2.05) is 0 Å². The SMILES string of the molecule is CC(C)c1ccc(CN2CCCC(CCN)C2)cc1.Cl. The second-order valence-corrected chi connectivity index (χ2v) is 6.22. The molecule has 2 nitrogen and oxygen atoms in total. The van der Waals surface area contributed by atoms with Crippen LogP contribution >= 0.6 is 12.4 Å². The van der Waals surface area contributed by atoms with Gasteiger partial charge in [-0.05, 0) is 55.3 Å². The first kappa shape index (κ1) is 17.5. The van der Waals surface area contributed by atoms with Crippen molar-refractivity contribution in [2.45, 2.75) is 45.6 Å².